The van der Waals surface area contributed by atoms with Crippen molar-refractivity contribution in [3.8, 4) is 5.69 Å². The Labute approximate surface area is 161 Å². The molecule has 0 radical (unpaired) electrons. The quantitative estimate of drug-likeness (QED) is 0.639. The number of primary amides is 1. The molecule has 1 heterocycles. The van der Waals surface area contributed by atoms with Crippen molar-refractivity contribution in [3.63, 3.8) is 0 Å². The number of benzene rings is 2. The molecule has 0 unspecified atom stereocenters. The number of amides is 2. The van der Waals surface area contributed by atoms with Crippen LogP contribution >= 0.6 is 11.8 Å². The lowest BCUT2D eigenvalue weighted by atomic mass is 10.1. The van der Waals surface area contributed by atoms with Crippen LogP contribution in [0.1, 0.15) is 21.7 Å². The number of nitrogens with zero attached hydrogens (tertiary/aromatic N) is 3. The van der Waals surface area contributed by atoms with Crippen molar-refractivity contribution in [2.45, 2.75) is 19.0 Å². The molecule has 0 atom stereocenters. The van der Waals surface area contributed by atoms with Gasteiger partial charge in [-0.3, -0.25) is 14.2 Å². The number of nitrogens with two attached hydrogens (primary N) is 1. The first-order valence-electron chi connectivity index (χ1n) is 8.26. The minimum atomic E-state index is -0.536. The third-order valence-electron chi connectivity index (χ3n) is 3.94. The van der Waals surface area contributed by atoms with Crippen LogP contribution in [0.15, 0.2) is 53.7 Å². The first-order chi connectivity index (χ1) is 13.0. The zero-order valence-electron chi connectivity index (χ0n) is 15.0. The van der Waals surface area contributed by atoms with Gasteiger partial charge < -0.3 is 11.1 Å². The van der Waals surface area contributed by atoms with Gasteiger partial charge in [-0.05, 0) is 43.7 Å². The highest BCUT2D eigenvalue weighted by molar-refractivity contribution is 7.99. The van der Waals surface area contributed by atoms with Crippen LogP contribution in [0.3, 0.4) is 0 Å². The number of anilines is 1. The van der Waals surface area contributed by atoms with Gasteiger partial charge in [0.05, 0.1) is 5.75 Å². The summed E-state index contributed by atoms with van der Waals surface area (Å²) >= 11 is 1.29. The summed E-state index contributed by atoms with van der Waals surface area (Å²) in [5.41, 5.74) is 8.00. The topological polar surface area (TPSA) is 103 Å². The number of hydrogen-bond acceptors (Lipinski definition) is 5. The van der Waals surface area contributed by atoms with E-state index in [4.69, 9.17) is 5.73 Å². The van der Waals surface area contributed by atoms with Crippen LogP contribution < -0.4 is 11.1 Å². The van der Waals surface area contributed by atoms with E-state index >= 15 is 0 Å². The van der Waals surface area contributed by atoms with Crippen LogP contribution in [-0.4, -0.2) is 32.3 Å². The van der Waals surface area contributed by atoms with Gasteiger partial charge in [0.1, 0.15) is 5.82 Å². The fourth-order valence-corrected chi connectivity index (χ4v) is 3.33. The highest BCUT2D eigenvalue weighted by Crippen LogP contribution is 2.22. The Morgan fingerprint density at radius 1 is 1.11 bits per heavy atom. The molecule has 0 saturated carbocycles. The van der Waals surface area contributed by atoms with E-state index in [1.54, 1.807) is 18.2 Å². The van der Waals surface area contributed by atoms with E-state index in [0.717, 1.165) is 17.1 Å². The molecule has 0 bridgehead atoms. The molecule has 1 aromatic heterocycles. The fraction of sp³-hybridized carbons (Fsp3) is 0.158. The van der Waals surface area contributed by atoms with Crippen LogP contribution in [-0.2, 0) is 4.79 Å². The van der Waals surface area contributed by atoms with Crippen molar-refractivity contribution in [3.05, 3.63) is 65.5 Å². The highest BCUT2D eigenvalue weighted by atomic mass is 32.2. The maximum Gasteiger partial charge on any atom is 0.248 e. The van der Waals surface area contributed by atoms with E-state index in [0.29, 0.717) is 16.4 Å². The van der Waals surface area contributed by atoms with E-state index in [-0.39, 0.29) is 11.7 Å². The molecular weight excluding hydrogens is 362 g/mol. The molecule has 8 heteroatoms. The molecule has 7 nitrogen and oxygen atoms in total. The van der Waals surface area contributed by atoms with E-state index in [9.17, 15) is 9.59 Å². The molecule has 3 aromatic rings. The molecular formula is C19H19N5O2S. The molecule has 27 heavy (non-hydrogen) atoms. The Bertz CT molecular complexity index is 985. The third kappa shape index (κ3) is 4.35. The van der Waals surface area contributed by atoms with Crippen LogP contribution in [0.5, 0.6) is 0 Å². The van der Waals surface area contributed by atoms with Gasteiger partial charge in [-0.2, -0.15) is 0 Å². The van der Waals surface area contributed by atoms with Gasteiger partial charge in [0.25, 0.3) is 0 Å². The molecule has 138 valence electrons. The molecule has 3 rings (SSSR count). The smallest absolute Gasteiger partial charge is 0.248 e. The fourth-order valence-electron chi connectivity index (χ4n) is 2.54. The number of rotatable bonds is 6. The average molecular weight is 381 g/mol. The molecule has 2 aromatic carbocycles. The Morgan fingerprint density at radius 3 is 2.56 bits per heavy atom. The monoisotopic (exact) mass is 381 g/mol. The lowest BCUT2D eigenvalue weighted by Crippen LogP contribution is -2.17. The summed E-state index contributed by atoms with van der Waals surface area (Å²) in [7, 11) is 0. The number of aromatic nitrogens is 3. The number of nitrogens with one attached hydrogen (secondary N) is 1. The second-order valence-electron chi connectivity index (χ2n) is 5.93. The summed E-state index contributed by atoms with van der Waals surface area (Å²) < 4.78 is 1.90. The summed E-state index contributed by atoms with van der Waals surface area (Å²) in [6, 6.07) is 14.7. The largest absolute Gasteiger partial charge is 0.366 e. The number of carbonyl (C=O) groups is 2. The second kappa shape index (κ2) is 8.05. The van der Waals surface area contributed by atoms with Crippen molar-refractivity contribution in [2.24, 2.45) is 5.73 Å². The van der Waals surface area contributed by atoms with Gasteiger partial charge in [-0.1, -0.05) is 36.0 Å². The molecule has 0 saturated heterocycles. The Hall–Kier alpha value is -3.13. The van der Waals surface area contributed by atoms with E-state index in [1.165, 1.54) is 11.8 Å². The minimum absolute atomic E-state index is 0.158. The summed E-state index contributed by atoms with van der Waals surface area (Å²) in [5, 5.41) is 11.7. The Kier molecular flexibility index (Phi) is 5.56. The van der Waals surface area contributed by atoms with Crippen molar-refractivity contribution in [1.82, 2.24) is 14.8 Å². The number of para-hydroxylation sites is 1. The normalized spacial score (nSPS) is 10.6. The van der Waals surface area contributed by atoms with Gasteiger partial charge in [0, 0.05) is 16.9 Å². The second-order valence-corrected chi connectivity index (χ2v) is 6.87. The molecule has 0 fully saturated rings. The SMILES string of the molecule is Cc1ccc(C(N)=O)cc1NC(=O)CSc1nnc(C)n1-c1ccccc1. The maximum absolute atomic E-state index is 12.4. The van der Waals surface area contributed by atoms with Crippen molar-refractivity contribution in [2.75, 3.05) is 11.1 Å². The van der Waals surface area contributed by atoms with Gasteiger partial charge in [-0.15, -0.1) is 10.2 Å². The van der Waals surface area contributed by atoms with Crippen molar-refractivity contribution < 1.29 is 9.59 Å². The van der Waals surface area contributed by atoms with Crippen molar-refractivity contribution >= 4 is 29.3 Å². The highest BCUT2D eigenvalue weighted by Gasteiger charge is 2.14. The summed E-state index contributed by atoms with van der Waals surface area (Å²) in [5.74, 6) is 0.163. The zero-order chi connectivity index (χ0) is 19.4. The van der Waals surface area contributed by atoms with Crippen LogP contribution in [0.25, 0.3) is 5.69 Å². The standard InChI is InChI=1S/C19H19N5O2S/c1-12-8-9-14(18(20)26)10-16(12)21-17(25)11-27-19-23-22-13(2)24(19)15-6-4-3-5-7-15/h3-10H,11H2,1-2H3,(H2,20,26)(H,21,25). The first-order valence-corrected chi connectivity index (χ1v) is 9.25. The number of carbonyl (C=O) groups excluding carboxylic acids is 2. The predicted molar refractivity (Wildman–Crippen MR) is 105 cm³/mol. The molecule has 0 aliphatic rings. The third-order valence-corrected chi connectivity index (χ3v) is 4.87. The van der Waals surface area contributed by atoms with Crippen LogP contribution in [0.4, 0.5) is 5.69 Å². The van der Waals surface area contributed by atoms with Crippen molar-refractivity contribution in [1.29, 1.82) is 0 Å². The lowest BCUT2D eigenvalue weighted by molar-refractivity contribution is -0.113. The number of aryl methyl sites for hydroxylation is 2. The van der Waals surface area contributed by atoms with E-state index in [2.05, 4.69) is 15.5 Å². The maximum atomic E-state index is 12.4. The predicted octanol–water partition coefficient (Wildman–Crippen LogP) is 2.71. The molecule has 0 aliphatic carbocycles. The summed E-state index contributed by atoms with van der Waals surface area (Å²) in [4.78, 5) is 23.7. The zero-order valence-corrected chi connectivity index (χ0v) is 15.8. The van der Waals surface area contributed by atoms with Gasteiger partial charge >= 0.3 is 0 Å². The molecule has 0 spiro atoms. The first kappa shape index (κ1) is 18.7. The van der Waals surface area contributed by atoms with Crippen LogP contribution in [0, 0.1) is 13.8 Å². The van der Waals surface area contributed by atoms with E-state index < -0.39 is 5.91 Å². The minimum Gasteiger partial charge on any atom is -0.366 e. The molecule has 0 aliphatic heterocycles. The number of hydrogen-bond donors (Lipinski definition) is 2. The molecule has 3 N–H and O–H groups in total. The van der Waals surface area contributed by atoms with Crippen LogP contribution in [0.2, 0.25) is 0 Å². The Morgan fingerprint density at radius 2 is 1.85 bits per heavy atom. The van der Waals surface area contributed by atoms with Gasteiger partial charge in [0.15, 0.2) is 5.16 Å². The van der Waals surface area contributed by atoms with Gasteiger partial charge in [0.2, 0.25) is 11.8 Å². The summed E-state index contributed by atoms with van der Waals surface area (Å²) in [6.45, 7) is 3.71. The number of thioether (sulfide) groups is 1. The van der Waals surface area contributed by atoms with Gasteiger partial charge in [-0.25, -0.2) is 0 Å². The van der Waals surface area contributed by atoms with E-state index in [1.807, 2.05) is 48.7 Å². The lowest BCUT2D eigenvalue weighted by Gasteiger charge is -2.10. The Balaban J connectivity index is 1.71. The summed E-state index contributed by atoms with van der Waals surface area (Å²) in [6.07, 6.45) is 0. The molecule has 2 amide bonds. The average Bonchev–Trinajstić information content (AvgIpc) is 3.03.